The highest BCUT2D eigenvalue weighted by Crippen LogP contribution is 2.53. The molecule has 0 radical (unpaired) electrons. The summed E-state index contributed by atoms with van der Waals surface area (Å²) in [4.78, 5) is 0. The van der Waals surface area contributed by atoms with Crippen LogP contribution in [0, 0.1) is 23.7 Å². The lowest BCUT2D eigenvalue weighted by atomic mass is 9.54. The normalized spacial score (nSPS) is 28.8. The molecule has 0 aromatic heterocycles. The molecule has 0 amide bonds. The summed E-state index contributed by atoms with van der Waals surface area (Å²) in [6.45, 7) is 1.34. The maximum absolute atomic E-state index is 6.24. The number of hydrogen-bond donors (Lipinski definition) is 1. The summed E-state index contributed by atoms with van der Waals surface area (Å²) < 4.78 is 11.8. The third-order valence-corrected chi connectivity index (χ3v) is 7.58. The van der Waals surface area contributed by atoms with Crippen molar-refractivity contribution in [2.45, 2.75) is 51.3 Å². The largest absolute Gasteiger partial charge is 0.493 e. The topological polar surface area (TPSA) is 30.5 Å². The van der Waals surface area contributed by atoms with Gasteiger partial charge in [0.1, 0.15) is 6.61 Å². The van der Waals surface area contributed by atoms with Gasteiger partial charge in [-0.2, -0.15) is 0 Å². The van der Waals surface area contributed by atoms with Crippen LogP contribution in [-0.4, -0.2) is 13.2 Å². The number of para-hydroxylation sites is 1. The Morgan fingerprint density at radius 1 is 0.933 bits per heavy atom. The first-order valence-corrected chi connectivity index (χ1v) is 11.3. The summed E-state index contributed by atoms with van der Waals surface area (Å²) in [7, 11) is 1.71. The summed E-state index contributed by atoms with van der Waals surface area (Å²) >= 11 is 6.00. The number of halogens is 2. The maximum atomic E-state index is 6.24. The van der Waals surface area contributed by atoms with Crippen molar-refractivity contribution in [3.8, 4) is 11.5 Å². The van der Waals surface area contributed by atoms with Crippen LogP contribution in [0.15, 0.2) is 42.5 Å². The Balaban J connectivity index is 0.00000218. The van der Waals surface area contributed by atoms with E-state index in [4.69, 9.17) is 21.1 Å². The fourth-order valence-electron chi connectivity index (χ4n) is 6.25. The quantitative estimate of drug-likeness (QED) is 0.542. The van der Waals surface area contributed by atoms with Crippen molar-refractivity contribution in [2.75, 3.05) is 7.11 Å². The van der Waals surface area contributed by atoms with Gasteiger partial charge in [-0.05, 0) is 79.5 Å². The van der Waals surface area contributed by atoms with Crippen LogP contribution in [0.3, 0.4) is 0 Å². The molecule has 4 aliphatic rings. The molecule has 0 saturated heterocycles. The molecule has 30 heavy (non-hydrogen) atoms. The van der Waals surface area contributed by atoms with Crippen LogP contribution in [0.2, 0.25) is 5.02 Å². The van der Waals surface area contributed by atoms with E-state index in [2.05, 4.69) is 17.4 Å². The van der Waals surface area contributed by atoms with E-state index in [1.807, 2.05) is 30.3 Å². The van der Waals surface area contributed by atoms with E-state index < -0.39 is 0 Å². The minimum absolute atomic E-state index is 0. The van der Waals surface area contributed by atoms with Gasteiger partial charge in [-0.25, -0.2) is 0 Å². The zero-order chi connectivity index (χ0) is 19.8. The Kier molecular flexibility index (Phi) is 6.81. The van der Waals surface area contributed by atoms with Crippen LogP contribution in [0.4, 0.5) is 0 Å². The molecule has 0 atom stereocenters. The van der Waals surface area contributed by atoms with Gasteiger partial charge in [-0.3, -0.25) is 0 Å². The summed E-state index contributed by atoms with van der Waals surface area (Å²) in [6.07, 6.45) is 7.23. The van der Waals surface area contributed by atoms with Gasteiger partial charge in [0, 0.05) is 23.2 Å². The van der Waals surface area contributed by atoms with Crippen LogP contribution in [-0.2, 0) is 13.2 Å². The predicted octanol–water partition coefficient (Wildman–Crippen LogP) is 6.26. The molecule has 4 bridgehead atoms. The maximum Gasteiger partial charge on any atom is 0.166 e. The molecule has 0 spiro atoms. The summed E-state index contributed by atoms with van der Waals surface area (Å²) in [5, 5.41) is 4.67. The Hall–Kier alpha value is -1.42. The van der Waals surface area contributed by atoms with Crippen LogP contribution in [0.5, 0.6) is 11.5 Å². The van der Waals surface area contributed by atoms with Crippen molar-refractivity contribution in [1.29, 1.82) is 0 Å². The second-order valence-corrected chi connectivity index (χ2v) is 9.64. The van der Waals surface area contributed by atoms with E-state index in [0.717, 1.165) is 52.3 Å². The summed E-state index contributed by atoms with van der Waals surface area (Å²) in [5.74, 6) is 5.39. The average Bonchev–Trinajstić information content (AvgIpc) is 2.72. The van der Waals surface area contributed by atoms with Crippen LogP contribution in [0.25, 0.3) is 0 Å². The number of hydrogen-bond acceptors (Lipinski definition) is 3. The van der Waals surface area contributed by atoms with Crippen LogP contribution in [0.1, 0.15) is 43.2 Å². The van der Waals surface area contributed by atoms with Crippen molar-refractivity contribution in [3.05, 3.63) is 58.6 Å². The lowest BCUT2D eigenvalue weighted by Crippen LogP contribution is -2.54. The Bertz CT molecular complexity index is 827. The molecule has 162 valence electrons. The van der Waals surface area contributed by atoms with Gasteiger partial charge < -0.3 is 14.8 Å². The monoisotopic (exact) mass is 447 g/mol. The minimum atomic E-state index is 0. The van der Waals surface area contributed by atoms with Gasteiger partial charge in [0.2, 0.25) is 0 Å². The van der Waals surface area contributed by atoms with Gasteiger partial charge in [0.05, 0.1) is 7.11 Å². The summed E-state index contributed by atoms with van der Waals surface area (Å²) in [5.41, 5.74) is 2.27. The van der Waals surface area contributed by atoms with Crippen molar-refractivity contribution in [2.24, 2.45) is 23.7 Å². The van der Waals surface area contributed by atoms with E-state index in [-0.39, 0.29) is 12.4 Å². The van der Waals surface area contributed by atoms with Crippen LogP contribution >= 0.6 is 24.0 Å². The minimum Gasteiger partial charge on any atom is -0.493 e. The second-order valence-electron chi connectivity index (χ2n) is 9.20. The van der Waals surface area contributed by atoms with E-state index in [9.17, 15) is 0 Å². The fraction of sp³-hybridized carbons (Fsp3) is 0.520. The number of rotatable bonds is 7. The average molecular weight is 448 g/mol. The van der Waals surface area contributed by atoms with Crippen molar-refractivity contribution in [1.82, 2.24) is 5.32 Å². The number of methoxy groups -OCH3 is 1. The molecule has 5 heteroatoms. The first kappa shape index (κ1) is 21.8. The molecule has 2 aromatic carbocycles. The second kappa shape index (κ2) is 9.38. The molecule has 2 aromatic rings. The third kappa shape index (κ3) is 4.44. The lowest BCUT2D eigenvalue weighted by Gasteiger charge is -2.54. The predicted molar refractivity (Wildman–Crippen MR) is 124 cm³/mol. The highest BCUT2D eigenvalue weighted by molar-refractivity contribution is 6.30. The van der Waals surface area contributed by atoms with Gasteiger partial charge in [-0.15, -0.1) is 12.4 Å². The first-order valence-electron chi connectivity index (χ1n) is 11.0. The molecule has 0 unspecified atom stereocenters. The molecular weight excluding hydrogens is 417 g/mol. The molecule has 4 saturated carbocycles. The number of ether oxygens (including phenoxy) is 2. The van der Waals surface area contributed by atoms with E-state index >= 15 is 0 Å². The van der Waals surface area contributed by atoms with E-state index in [0.29, 0.717) is 12.6 Å². The van der Waals surface area contributed by atoms with E-state index in [1.165, 1.54) is 37.7 Å². The zero-order valence-electron chi connectivity index (χ0n) is 17.5. The van der Waals surface area contributed by atoms with Crippen LogP contribution < -0.4 is 14.8 Å². The van der Waals surface area contributed by atoms with Crippen molar-refractivity contribution < 1.29 is 9.47 Å². The molecule has 1 N–H and O–H groups in total. The first-order chi connectivity index (χ1) is 14.2. The number of benzene rings is 2. The Morgan fingerprint density at radius 3 is 2.23 bits per heavy atom. The lowest BCUT2D eigenvalue weighted by molar-refractivity contribution is -0.0143. The highest BCUT2D eigenvalue weighted by Gasteiger charge is 2.47. The SMILES string of the molecule is COc1cccc(CNC2C3CC4CC(C3)CC2C4)c1OCc1ccc(Cl)cc1.Cl. The Labute approximate surface area is 190 Å². The van der Waals surface area contributed by atoms with Gasteiger partial charge in [-0.1, -0.05) is 35.9 Å². The van der Waals surface area contributed by atoms with Gasteiger partial charge in [0.15, 0.2) is 11.5 Å². The van der Waals surface area contributed by atoms with Crippen molar-refractivity contribution in [3.63, 3.8) is 0 Å². The molecule has 6 rings (SSSR count). The molecule has 0 aliphatic heterocycles. The van der Waals surface area contributed by atoms with Crippen molar-refractivity contribution >= 4 is 24.0 Å². The molecule has 4 aliphatic carbocycles. The standard InChI is InChI=1S/C25H30ClNO2.ClH/c1-28-23-4-2-3-19(25(23)29-15-16-5-7-22(26)8-6-16)14-27-24-20-10-17-9-18(12-20)13-21(24)11-17;/h2-8,17-18,20-21,24,27H,9-15H2,1H3;1H. The van der Waals surface area contributed by atoms with Gasteiger partial charge >= 0.3 is 0 Å². The highest BCUT2D eigenvalue weighted by atomic mass is 35.5. The third-order valence-electron chi connectivity index (χ3n) is 7.33. The molecule has 4 fully saturated rings. The smallest absolute Gasteiger partial charge is 0.166 e. The van der Waals surface area contributed by atoms with Gasteiger partial charge in [0.25, 0.3) is 0 Å². The fourth-order valence-corrected chi connectivity index (χ4v) is 6.37. The number of nitrogens with one attached hydrogen (secondary N) is 1. The molecular formula is C25H31Cl2NO2. The molecule has 0 heterocycles. The molecule has 3 nitrogen and oxygen atoms in total. The Morgan fingerprint density at radius 2 is 1.60 bits per heavy atom. The summed E-state index contributed by atoms with van der Waals surface area (Å²) in [6, 6.07) is 14.7. The zero-order valence-corrected chi connectivity index (χ0v) is 19.1. The van der Waals surface area contributed by atoms with E-state index in [1.54, 1.807) is 7.11 Å².